The highest BCUT2D eigenvalue weighted by Crippen LogP contribution is 2.26. The Morgan fingerprint density at radius 2 is 1.95 bits per heavy atom. The number of para-hydroxylation sites is 1. The molecule has 3 unspecified atom stereocenters. The zero-order valence-electron chi connectivity index (χ0n) is 11.9. The predicted octanol–water partition coefficient (Wildman–Crippen LogP) is 1.84. The van der Waals surface area contributed by atoms with Crippen molar-refractivity contribution in [3.63, 3.8) is 0 Å². The van der Waals surface area contributed by atoms with Gasteiger partial charge in [0.15, 0.2) is 0 Å². The molecule has 1 N–H and O–H groups in total. The van der Waals surface area contributed by atoms with Crippen molar-refractivity contribution >= 4 is 0 Å². The average Bonchev–Trinajstić information content (AvgIpc) is 2.37. The molecule has 1 saturated heterocycles. The smallest absolute Gasteiger partial charge is 0.124 e. The number of morpholine rings is 1. The second-order valence-electron chi connectivity index (χ2n) is 5.23. The molecule has 1 aromatic rings. The lowest BCUT2D eigenvalue weighted by Gasteiger charge is -2.36. The lowest BCUT2D eigenvalue weighted by molar-refractivity contribution is -0.0768. The van der Waals surface area contributed by atoms with E-state index >= 15 is 0 Å². The van der Waals surface area contributed by atoms with Gasteiger partial charge in [-0.1, -0.05) is 18.2 Å². The van der Waals surface area contributed by atoms with Gasteiger partial charge in [0, 0.05) is 25.2 Å². The van der Waals surface area contributed by atoms with E-state index in [4.69, 9.17) is 9.47 Å². The van der Waals surface area contributed by atoms with E-state index in [1.54, 1.807) is 7.11 Å². The van der Waals surface area contributed by atoms with Gasteiger partial charge in [0.2, 0.25) is 0 Å². The summed E-state index contributed by atoms with van der Waals surface area (Å²) in [6.45, 7) is 6.46. The first-order chi connectivity index (χ1) is 9.10. The molecule has 0 radical (unpaired) electrons. The van der Waals surface area contributed by atoms with E-state index in [-0.39, 0.29) is 12.2 Å². The third-order valence-electron chi connectivity index (χ3n) is 3.42. The van der Waals surface area contributed by atoms with Crippen molar-refractivity contribution < 1.29 is 14.6 Å². The van der Waals surface area contributed by atoms with E-state index in [1.807, 2.05) is 24.3 Å². The molecule has 2 rings (SSSR count). The molecule has 0 amide bonds. The summed E-state index contributed by atoms with van der Waals surface area (Å²) in [7, 11) is 1.63. The molecule has 0 saturated carbocycles. The SMILES string of the molecule is COc1ccccc1C(O)CN1CC(C)OC(C)C1. The summed E-state index contributed by atoms with van der Waals surface area (Å²) in [5.74, 6) is 0.740. The van der Waals surface area contributed by atoms with E-state index in [1.165, 1.54) is 0 Å². The first-order valence-electron chi connectivity index (χ1n) is 6.79. The molecule has 0 spiro atoms. The summed E-state index contributed by atoms with van der Waals surface area (Å²) in [5, 5.41) is 10.4. The van der Waals surface area contributed by atoms with Crippen LogP contribution in [0.1, 0.15) is 25.5 Å². The Hall–Kier alpha value is -1.10. The van der Waals surface area contributed by atoms with Gasteiger partial charge in [-0.15, -0.1) is 0 Å². The van der Waals surface area contributed by atoms with Crippen LogP contribution in [0.2, 0.25) is 0 Å². The molecule has 3 atom stereocenters. The number of benzene rings is 1. The molecule has 4 heteroatoms. The number of nitrogens with zero attached hydrogens (tertiary/aromatic N) is 1. The first-order valence-corrected chi connectivity index (χ1v) is 6.79. The zero-order chi connectivity index (χ0) is 13.8. The zero-order valence-corrected chi connectivity index (χ0v) is 11.9. The summed E-state index contributed by atoms with van der Waals surface area (Å²) in [6, 6.07) is 7.62. The van der Waals surface area contributed by atoms with Crippen LogP contribution in [0, 0.1) is 0 Å². The molecule has 0 bridgehead atoms. The van der Waals surface area contributed by atoms with Gasteiger partial charge in [-0.2, -0.15) is 0 Å². The number of methoxy groups -OCH3 is 1. The maximum atomic E-state index is 10.4. The summed E-state index contributed by atoms with van der Waals surface area (Å²) in [5.41, 5.74) is 0.844. The summed E-state index contributed by atoms with van der Waals surface area (Å²) in [6.07, 6.45) is -0.101. The molecule has 1 aliphatic rings. The number of aliphatic hydroxyl groups excluding tert-OH is 1. The number of β-amino-alcohol motifs (C(OH)–C–C–N with tert-alkyl or cyclic N) is 1. The topological polar surface area (TPSA) is 41.9 Å². The molecular weight excluding hydrogens is 242 g/mol. The fraction of sp³-hybridized carbons (Fsp3) is 0.600. The molecule has 1 aromatic carbocycles. The normalized spacial score (nSPS) is 26.1. The number of rotatable bonds is 4. The van der Waals surface area contributed by atoms with Gasteiger partial charge in [0.25, 0.3) is 0 Å². The Kier molecular flexibility index (Phi) is 4.80. The highest BCUT2D eigenvalue weighted by Gasteiger charge is 2.25. The van der Waals surface area contributed by atoms with E-state index in [2.05, 4.69) is 18.7 Å². The van der Waals surface area contributed by atoms with Gasteiger partial charge in [0.05, 0.1) is 25.4 Å². The van der Waals surface area contributed by atoms with Crippen molar-refractivity contribution in [3.8, 4) is 5.75 Å². The number of hydrogen-bond acceptors (Lipinski definition) is 4. The maximum Gasteiger partial charge on any atom is 0.124 e. The summed E-state index contributed by atoms with van der Waals surface area (Å²) >= 11 is 0. The minimum Gasteiger partial charge on any atom is -0.496 e. The Bertz CT molecular complexity index is 400. The van der Waals surface area contributed by atoms with Gasteiger partial charge >= 0.3 is 0 Å². The van der Waals surface area contributed by atoms with Gasteiger partial charge in [0.1, 0.15) is 5.75 Å². The molecule has 0 aliphatic carbocycles. The molecular formula is C15H23NO3. The predicted molar refractivity (Wildman–Crippen MR) is 74.4 cm³/mol. The maximum absolute atomic E-state index is 10.4. The van der Waals surface area contributed by atoms with E-state index in [9.17, 15) is 5.11 Å². The van der Waals surface area contributed by atoms with Crippen LogP contribution < -0.4 is 4.74 Å². The fourth-order valence-electron chi connectivity index (χ4n) is 2.72. The first kappa shape index (κ1) is 14.3. The molecule has 0 aromatic heterocycles. The van der Waals surface area contributed by atoms with Crippen LogP contribution in [0.5, 0.6) is 5.75 Å². The van der Waals surface area contributed by atoms with Crippen molar-refractivity contribution in [1.82, 2.24) is 4.90 Å². The van der Waals surface area contributed by atoms with Crippen LogP contribution in [0.4, 0.5) is 0 Å². The second kappa shape index (κ2) is 6.37. The van der Waals surface area contributed by atoms with Crippen LogP contribution >= 0.6 is 0 Å². The van der Waals surface area contributed by atoms with E-state index < -0.39 is 6.10 Å². The van der Waals surface area contributed by atoms with Crippen LogP contribution in [-0.2, 0) is 4.74 Å². The van der Waals surface area contributed by atoms with Crippen molar-refractivity contribution in [2.24, 2.45) is 0 Å². The molecule has 1 heterocycles. The summed E-state index contributed by atoms with van der Waals surface area (Å²) < 4.78 is 11.0. The summed E-state index contributed by atoms with van der Waals surface area (Å²) in [4.78, 5) is 2.25. The van der Waals surface area contributed by atoms with Gasteiger partial charge in [-0.05, 0) is 19.9 Å². The van der Waals surface area contributed by atoms with E-state index in [0.29, 0.717) is 6.54 Å². The number of ether oxygens (including phenoxy) is 2. The molecule has 1 fully saturated rings. The minimum absolute atomic E-state index is 0.216. The van der Waals surface area contributed by atoms with Crippen molar-refractivity contribution in [3.05, 3.63) is 29.8 Å². The highest BCUT2D eigenvalue weighted by atomic mass is 16.5. The highest BCUT2D eigenvalue weighted by molar-refractivity contribution is 5.35. The van der Waals surface area contributed by atoms with Gasteiger partial charge in [-0.3, -0.25) is 4.90 Å². The molecule has 106 valence electrons. The minimum atomic E-state index is -0.534. The van der Waals surface area contributed by atoms with Crippen molar-refractivity contribution in [2.45, 2.75) is 32.2 Å². The lowest BCUT2D eigenvalue weighted by Crippen LogP contribution is -2.46. The third kappa shape index (κ3) is 3.69. The van der Waals surface area contributed by atoms with Crippen molar-refractivity contribution in [2.75, 3.05) is 26.7 Å². The third-order valence-corrected chi connectivity index (χ3v) is 3.42. The Morgan fingerprint density at radius 3 is 2.58 bits per heavy atom. The van der Waals surface area contributed by atoms with Crippen molar-refractivity contribution in [1.29, 1.82) is 0 Å². The standard InChI is InChI=1S/C15H23NO3/c1-11-8-16(9-12(2)19-11)10-14(17)13-6-4-5-7-15(13)18-3/h4-7,11-12,14,17H,8-10H2,1-3H3. The van der Waals surface area contributed by atoms with Crippen LogP contribution in [0.3, 0.4) is 0 Å². The van der Waals surface area contributed by atoms with Gasteiger partial charge in [-0.25, -0.2) is 0 Å². The molecule has 1 aliphatic heterocycles. The largest absolute Gasteiger partial charge is 0.496 e. The van der Waals surface area contributed by atoms with Crippen LogP contribution in [0.15, 0.2) is 24.3 Å². The van der Waals surface area contributed by atoms with Gasteiger partial charge < -0.3 is 14.6 Å². The van der Waals surface area contributed by atoms with Crippen LogP contribution in [0.25, 0.3) is 0 Å². The van der Waals surface area contributed by atoms with Crippen LogP contribution in [-0.4, -0.2) is 49.0 Å². The lowest BCUT2D eigenvalue weighted by atomic mass is 10.1. The monoisotopic (exact) mass is 265 g/mol. The Morgan fingerprint density at radius 1 is 1.32 bits per heavy atom. The Balaban J connectivity index is 2.02. The molecule has 19 heavy (non-hydrogen) atoms. The quantitative estimate of drug-likeness (QED) is 0.902. The molecule has 4 nitrogen and oxygen atoms in total. The Labute approximate surface area is 114 Å². The van der Waals surface area contributed by atoms with E-state index in [0.717, 1.165) is 24.4 Å². The second-order valence-corrected chi connectivity index (χ2v) is 5.23. The average molecular weight is 265 g/mol. The number of hydrogen-bond donors (Lipinski definition) is 1. The number of aliphatic hydroxyl groups is 1. The fourth-order valence-corrected chi connectivity index (χ4v) is 2.72.